The molecule has 0 N–H and O–H groups in total. The third kappa shape index (κ3) is 2.59. The molecule has 1 saturated heterocycles. The molecular formula is C20H18N2O. The van der Waals surface area contributed by atoms with Crippen LogP contribution in [0.1, 0.15) is 28.3 Å². The Morgan fingerprint density at radius 1 is 1.04 bits per heavy atom. The van der Waals surface area contributed by atoms with Crippen LogP contribution in [0.5, 0.6) is 0 Å². The maximum absolute atomic E-state index is 12.9. The number of pyridine rings is 1. The highest BCUT2D eigenvalue weighted by Crippen LogP contribution is 2.29. The van der Waals surface area contributed by atoms with Crippen LogP contribution in [0.4, 0.5) is 0 Å². The van der Waals surface area contributed by atoms with E-state index in [0.29, 0.717) is 5.92 Å². The highest BCUT2D eigenvalue weighted by atomic mass is 16.2. The van der Waals surface area contributed by atoms with E-state index in [1.165, 1.54) is 5.56 Å². The molecule has 23 heavy (non-hydrogen) atoms. The Labute approximate surface area is 135 Å². The van der Waals surface area contributed by atoms with Crippen LogP contribution in [-0.4, -0.2) is 28.9 Å². The summed E-state index contributed by atoms with van der Waals surface area (Å²) in [6.07, 6.45) is 4.58. The molecule has 3 aromatic rings. The fraction of sp³-hybridized carbons (Fsp3) is 0.200. The normalized spacial score (nSPS) is 17.6. The van der Waals surface area contributed by atoms with Crippen LogP contribution >= 0.6 is 0 Å². The van der Waals surface area contributed by atoms with Crippen molar-refractivity contribution in [1.82, 2.24) is 9.88 Å². The molecule has 1 aliphatic heterocycles. The van der Waals surface area contributed by atoms with Gasteiger partial charge in [-0.25, -0.2) is 0 Å². The monoisotopic (exact) mass is 302 g/mol. The molecule has 0 saturated carbocycles. The van der Waals surface area contributed by atoms with Gasteiger partial charge in [0.15, 0.2) is 0 Å². The second-order valence-electron chi connectivity index (χ2n) is 6.05. The lowest BCUT2D eigenvalue weighted by Crippen LogP contribution is -2.28. The second-order valence-corrected chi connectivity index (χ2v) is 6.05. The van der Waals surface area contributed by atoms with Crippen molar-refractivity contribution in [3.05, 3.63) is 78.1 Å². The first kappa shape index (κ1) is 13.9. The molecule has 0 radical (unpaired) electrons. The zero-order chi connectivity index (χ0) is 15.6. The number of aromatic nitrogens is 1. The summed E-state index contributed by atoms with van der Waals surface area (Å²) in [5, 5.41) is 1.99. The topological polar surface area (TPSA) is 33.2 Å². The van der Waals surface area contributed by atoms with E-state index in [4.69, 9.17) is 0 Å². The molecule has 1 unspecified atom stereocenters. The van der Waals surface area contributed by atoms with E-state index in [9.17, 15) is 4.79 Å². The van der Waals surface area contributed by atoms with Gasteiger partial charge in [-0.3, -0.25) is 9.78 Å². The predicted molar refractivity (Wildman–Crippen MR) is 91.4 cm³/mol. The van der Waals surface area contributed by atoms with Gasteiger partial charge in [0.1, 0.15) is 0 Å². The number of hydrogen-bond acceptors (Lipinski definition) is 2. The number of amides is 1. The molecular weight excluding hydrogens is 284 g/mol. The van der Waals surface area contributed by atoms with Gasteiger partial charge in [0.2, 0.25) is 0 Å². The summed E-state index contributed by atoms with van der Waals surface area (Å²) in [6, 6.07) is 18.2. The van der Waals surface area contributed by atoms with Crippen LogP contribution in [0.2, 0.25) is 0 Å². The van der Waals surface area contributed by atoms with Crippen molar-refractivity contribution in [1.29, 1.82) is 0 Å². The van der Waals surface area contributed by atoms with Gasteiger partial charge in [0.05, 0.1) is 0 Å². The summed E-state index contributed by atoms with van der Waals surface area (Å²) in [5.74, 6) is 0.567. The minimum absolute atomic E-state index is 0.125. The SMILES string of the molecule is O=C(c1cccc2cnccc12)N1CCC(c2ccccc2)C1. The maximum Gasteiger partial charge on any atom is 0.254 e. The van der Waals surface area contributed by atoms with Crippen molar-refractivity contribution in [3.63, 3.8) is 0 Å². The zero-order valence-corrected chi connectivity index (χ0v) is 12.9. The molecule has 4 rings (SSSR count). The van der Waals surface area contributed by atoms with Crippen molar-refractivity contribution in [2.24, 2.45) is 0 Å². The number of rotatable bonds is 2. The van der Waals surface area contributed by atoms with Gasteiger partial charge in [-0.05, 0) is 29.5 Å². The number of likely N-dealkylation sites (tertiary alicyclic amines) is 1. The Morgan fingerprint density at radius 3 is 2.78 bits per heavy atom. The molecule has 1 aliphatic rings. The predicted octanol–water partition coefficient (Wildman–Crippen LogP) is 3.86. The Balaban J connectivity index is 1.60. The molecule has 0 spiro atoms. The van der Waals surface area contributed by atoms with Gasteiger partial charge in [-0.2, -0.15) is 0 Å². The Hall–Kier alpha value is -2.68. The molecule has 0 aliphatic carbocycles. The van der Waals surface area contributed by atoms with Crippen molar-refractivity contribution in [2.75, 3.05) is 13.1 Å². The first-order valence-electron chi connectivity index (χ1n) is 8.00. The molecule has 1 atom stereocenters. The lowest BCUT2D eigenvalue weighted by Gasteiger charge is -2.18. The van der Waals surface area contributed by atoms with Gasteiger partial charge in [-0.15, -0.1) is 0 Å². The largest absolute Gasteiger partial charge is 0.338 e. The highest BCUT2D eigenvalue weighted by molar-refractivity contribution is 6.06. The summed E-state index contributed by atoms with van der Waals surface area (Å²) in [4.78, 5) is 19.1. The van der Waals surface area contributed by atoms with E-state index in [1.54, 1.807) is 6.20 Å². The Bertz CT molecular complexity index is 839. The van der Waals surface area contributed by atoms with Crippen LogP contribution in [0.25, 0.3) is 10.8 Å². The molecule has 2 heterocycles. The minimum atomic E-state index is 0.125. The van der Waals surface area contributed by atoms with Crippen molar-refractivity contribution in [2.45, 2.75) is 12.3 Å². The first-order valence-corrected chi connectivity index (χ1v) is 8.00. The number of hydrogen-bond donors (Lipinski definition) is 0. The minimum Gasteiger partial charge on any atom is -0.338 e. The van der Waals surface area contributed by atoms with Gasteiger partial charge >= 0.3 is 0 Å². The molecule has 1 aromatic heterocycles. The number of benzene rings is 2. The van der Waals surface area contributed by atoms with E-state index in [1.807, 2.05) is 41.4 Å². The van der Waals surface area contributed by atoms with Crippen molar-refractivity contribution in [3.8, 4) is 0 Å². The van der Waals surface area contributed by atoms with Crippen LogP contribution in [0.3, 0.4) is 0 Å². The standard InChI is InChI=1S/C20H18N2O/c23-20(19-8-4-7-16-13-21-11-9-18(16)19)22-12-10-17(14-22)15-5-2-1-3-6-15/h1-9,11,13,17H,10,12,14H2. The number of carbonyl (C=O) groups excluding carboxylic acids is 1. The summed E-state index contributed by atoms with van der Waals surface area (Å²) >= 11 is 0. The Kier molecular flexibility index (Phi) is 3.54. The second kappa shape index (κ2) is 5.84. The van der Waals surface area contributed by atoms with Gasteiger partial charge in [0.25, 0.3) is 5.91 Å². The number of carbonyl (C=O) groups is 1. The van der Waals surface area contributed by atoms with Crippen molar-refractivity contribution < 1.29 is 4.79 Å². The van der Waals surface area contributed by atoms with E-state index in [0.717, 1.165) is 35.8 Å². The van der Waals surface area contributed by atoms with E-state index < -0.39 is 0 Å². The molecule has 1 fully saturated rings. The van der Waals surface area contributed by atoms with Gasteiger partial charge in [-0.1, -0.05) is 42.5 Å². The number of fused-ring (bicyclic) bond motifs is 1. The maximum atomic E-state index is 12.9. The Morgan fingerprint density at radius 2 is 1.91 bits per heavy atom. The summed E-state index contributed by atoms with van der Waals surface area (Å²) in [7, 11) is 0. The van der Waals surface area contributed by atoms with Crippen LogP contribution in [0, 0.1) is 0 Å². The lowest BCUT2D eigenvalue weighted by molar-refractivity contribution is 0.0792. The van der Waals surface area contributed by atoms with Crippen molar-refractivity contribution >= 4 is 16.7 Å². The van der Waals surface area contributed by atoms with Crippen LogP contribution < -0.4 is 0 Å². The quantitative estimate of drug-likeness (QED) is 0.720. The van der Waals surface area contributed by atoms with Gasteiger partial charge < -0.3 is 4.90 Å². The smallest absolute Gasteiger partial charge is 0.254 e. The molecule has 3 heteroatoms. The highest BCUT2D eigenvalue weighted by Gasteiger charge is 2.28. The molecule has 1 amide bonds. The van der Waals surface area contributed by atoms with E-state index in [-0.39, 0.29) is 5.91 Å². The zero-order valence-electron chi connectivity index (χ0n) is 12.9. The van der Waals surface area contributed by atoms with Crippen LogP contribution in [-0.2, 0) is 0 Å². The lowest BCUT2D eigenvalue weighted by atomic mass is 9.99. The number of nitrogens with zero attached hydrogens (tertiary/aromatic N) is 2. The average molecular weight is 302 g/mol. The van der Waals surface area contributed by atoms with E-state index in [2.05, 4.69) is 29.2 Å². The summed E-state index contributed by atoms with van der Waals surface area (Å²) in [6.45, 7) is 1.62. The molecule has 114 valence electrons. The molecule has 3 nitrogen and oxygen atoms in total. The fourth-order valence-corrected chi connectivity index (χ4v) is 3.42. The summed E-state index contributed by atoms with van der Waals surface area (Å²) in [5.41, 5.74) is 2.10. The first-order chi connectivity index (χ1) is 11.3. The molecule has 2 aromatic carbocycles. The molecule has 0 bridgehead atoms. The van der Waals surface area contributed by atoms with E-state index >= 15 is 0 Å². The van der Waals surface area contributed by atoms with Crippen LogP contribution in [0.15, 0.2) is 67.0 Å². The fourth-order valence-electron chi connectivity index (χ4n) is 3.42. The third-order valence-corrected chi connectivity index (χ3v) is 4.66. The third-order valence-electron chi connectivity index (χ3n) is 4.66. The average Bonchev–Trinajstić information content (AvgIpc) is 3.11. The van der Waals surface area contributed by atoms with Gasteiger partial charge in [0, 0.05) is 42.4 Å². The summed E-state index contributed by atoms with van der Waals surface area (Å²) < 4.78 is 0.